The molecule has 0 amide bonds. The van der Waals surface area contributed by atoms with Gasteiger partial charge in [-0.2, -0.15) is 0 Å². The van der Waals surface area contributed by atoms with E-state index in [1.54, 1.807) is 4.90 Å². The number of hydrogen-bond donors (Lipinski definition) is 1. The SMILES string of the molecule is Cc1cc(OCCC[NH+]2CCCCCC2)ccc1Cl. The average Bonchev–Trinajstić information content (AvgIpc) is 2.67. The van der Waals surface area contributed by atoms with E-state index in [4.69, 9.17) is 16.3 Å². The van der Waals surface area contributed by atoms with Gasteiger partial charge in [-0.1, -0.05) is 11.6 Å². The summed E-state index contributed by atoms with van der Waals surface area (Å²) in [6.45, 7) is 6.76. The third-order valence-corrected chi connectivity index (χ3v) is 4.31. The topological polar surface area (TPSA) is 13.7 Å². The molecule has 0 aliphatic carbocycles. The van der Waals surface area contributed by atoms with Crippen LogP contribution in [0.5, 0.6) is 5.75 Å². The number of rotatable bonds is 5. The van der Waals surface area contributed by atoms with Gasteiger partial charge in [-0.25, -0.2) is 0 Å². The van der Waals surface area contributed by atoms with Crippen LogP contribution < -0.4 is 9.64 Å². The van der Waals surface area contributed by atoms with Crippen molar-refractivity contribution in [1.82, 2.24) is 0 Å². The molecule has 0 bridgehead atoms. The van der Waals surface area contributed by atoms with Crippen LogP contribution >= 0.6 is 11.6 Å². The minimum Gasteiger partial charge on any atom is -0.493 e. The lowest BCUT2D eigenvalue weighted by Crippen LogP contribution is -3.11. The molecule has 1 aliphatic rings. The highest BCUT2D eigenvalue weighted by Gasteiger charge is 2.11. The number of halogens is 1. The van der Waals surface area contributed by atoms with Crippen LogP contribution in [0, 0.1) is 6.92 Å². The number of nitrogens with one attached hydrogen (secondary N) is 1. The van der Waals surface area contributed by atoms with E-state index in [-0.39, 0.29) is 0 Å². The Morgan fingerprint density at radius 1 is 1.16 bits per heavy atom. The summed E-state index contributed by atoms with van der Waals surface area (Å²) in [5, 5.41) is 0.807. The third-order valence-electron chi connectivity index (χ3n) is 3.88. The second kappa shape index (κ2) is 7.76. The van der Waals surface area contributed by atoms with Gasteiger partial charge in [0.15, 0.2) is 0 Å². The monoisotopic (exact) mass is 282 g/mol. The number of ether oxygens (including phenoxy) is 1. The molecule has 1 aliphatic heterocycles. The zero-order valence-electron chi connectivity index (χ0n) is 11.9. The molecule has 1 heterocycles. The number of aryl methyl sites for hydroxylation is 1. The van der Waals surface area contributed by atoms with Gasteiger partial charge < -0.3 is 9.64 Å². The van der Waals surface area contributed by atoms with Crippen molar-refractivity contribution in [2.24, 2.45) is 0 Å². The van der Waals surface area contributed by atoms with Crippen LogP contribution in [-0.4, -0.2) is 26.2 Å². The van der Waals surface area contributed by atoms with E-state index in [9.17, 15) is 0 Å². The molecule has 1 fully saturated rings. The molecule has 1 aromatic carbocycles. The Kier molecular flexibility index (Phi) is 5.99. The van der Waals surface area contributed by atoms with Gasteiger partial charge >= 0.3 is 0 Å². The van der Waals surface area contributed by atoms with E-state index >= 15 is 0 Å². The molecule has 19 heavy (non-hydrogen) atoms. The van der Waals surface area contributed by atoms with Crippen molar-refractivity contribution >= 4 is 11.6 Å². The van der Waals surface area contributed by atoms with Gasteiger partial charge in [0.05, 0.1) is 26.2 Å². The maximum atomic E-state index is 6.00. The standard InChI is InChI=1S/C16H24ClNO/c1-14-13-15(7-8-16(14)17)19-12-6-11-18-9-4-2-3-5-10-18/h7-8,13H,2-6,9-12H2,1H3/p+1. The Labute approximate surface area is 121 Å². The first-order valence-corrected chi connectivity index (χ1v) is 7.86. The van der Waals surface area contributed by atoms with E-state index in [2.05, 4.69) is 0 Å². The van der Waals surface area contributed by atoms with Gasteiger partial charge in [-0.15, -0.1) is 0 Å². The number of likely N-dealkylation sites (tertiary alicyclic amines) is 1. The minimum atomic E-state index is 0.807. The Morgan fingerprint density at radius 3 is 2.58 bits per heavy atom. The highest BCUT2D eigenvalue weighted by atomic mass is 35.5. The first kappa shape index (κ1) is 14.7. The second-order valence-electron chi connectivity index (χ2n) is 5.53. The summed E-state index contributed by atoms with van der Waals surface area (Å²) >= 11 is 6.00. The zero-order valence-corrected chi connectivity index (χ0v) is 12.6. The van der Waals surface area contributed by atoms with Crippen molar-refractivity contribution in [1.29, 1.82) is 0 Å². The normalized spacial score (nSPS) is 17.2. The first-order valence-electron chi connectivity index (χ1n) is 7.48. The van der Waals surface area contributed by atoms with Crippen molar-refractivity contribution in [3.63, 3.8) is 0 Å². The number of hydrogen-bond acceptors (Lipinski definition) is 1. The number of quaternary nitrogens is 1. The molecule has 2 rings (SSSR count). The molecule has 0 atom stereocenters. The highest BCUT2D eigenvalue weighted by molar-refractivity contribution is 6.31. The van der Waals surface area contributed by atoms with Crippen LogP contribution in [0.2, 0.25) is 5.02 Å². The van der Waals surface area contributed by atoms with Crippen molar-refractivity contribution < 1.29 is 9.64 Å². The predicted molar refractivity (Wildman–Crippen MR) is 80.3 cm³/mol. The summed E-state index contributed by atoms with van der Waals surface area (Å²) < 4.78 is 5.79. The maximum absolute atomic E-state index is 6.00. The molecular formula is C16H25ClNO+. The maximum Gasteiger partial charge on any atom is 0.119 e. The largest absolute Gasteiger partial charge is 0.493 e. The molecule has 3 heteroatoms. The number of benzene rings is 1. The van der Waals surface area contributed by atoms with Gasteiger partial charge in [0, 0.05) is 11.4 Å². The van der Waals surface area contributed by atoms with Crippen molar-refractivity contribution in [3.8, 4) is 5.75 Å². The van der Waals surface area contributed by atoms with Crippen molar-refractivity contribution in [2.45, 2.75) is 39.0 Å². The summed E-state index contributed by atoms with van der Waals surface area (Å²) in [6, 6.07) is 5.88. The molecule has 1 N–H and O–H groups in total. The van der Waals surface area contributed by atoms with Crippen LogP contribution in [0.3, 0.4) is 0 Å². The minimum absolute atomic E-state index is 0.807. The lowest BCUT2D eigenvalue weighted by Gasteiger charge is -2.17. The van der Waals surface area contributed by atoms with Crippen molar-refractivity contribution in [3.05, 3.63) is 28.8 Å². The molecule has 0 unspecified atom stereocenters. The van der Waals surface area contributed by atoms with Crippen LogP contribution in [0.15, 0.2) is 18.2 Å². The molecule has 0 spiro atoms. The second-order valence-corrected chi connectivity index (χ2v) is 5.93. The average molecular weight is 283 g/mol. The molecule has 0 radical (unpaired) electrons. The summed E-state index contributed by atoms with van der Waals surface area (Å²) in [5.41, 5.74) is 1.08. The Bertz CT molecular complexity index is 386. The van der Waals surface area contributed by atoms with E-state index in [0.717, 1.165) is 29.4 Å². The lowest BCUT2D eigenvalue weighted by molar-refractivity contribution is -0.899. The Morgan fingerprint density at radius 2 is 1.89 bits per heavy atom. The first-order chi connectivity index (χ1) is 9.25. The molecule has 0 aromatic heterocycles. The fourth-order valence-corrected chi connectivity index (χ4v) is 2.82. The van der Waals surface area contributed by atoms with E-state index < -0.39 is 0 Å². The molecule has 1 saturated heterocycles. The Balaban J connectivity index is 1.67. The van der Waals surface area contributed by atoms with Gasteiger partial charge in [0.1, 0.15) is 5.75 Å². The smallest absolute Gasteiger partial charge is 0.119 e. The fourth-order valence-electron chi connectivity index (χ4n) is 2.70. The zero-order chi connectivity index (χ0) is 13.5. The van der Waals surface area contributed by atoms with E-state index in [1.165, 1.54) is 45.3 Å². The van der Waals surface area contributed by atoms with Crippen LogP contribution in [-0.2, 0) is 0 Å². The van der Waals surface area contributed by atoms with E-state index in [0.29, 0.717) is 0 Å². The quantitative estimate of drug-likeness (QED) is 0.820. The molecule has 1 aromatic rings. The summed E-state index contributed by atoms with van der Waals surface area (Å²) in [6.07, 6.45) is 6.77. The molecular weight excluding hydrogens is 258 g/mol. The Hall–Kier alpha value is -0.730. The summed E-state index contributed by atoms with van der Waals surface area (Å²) in [4.78, 5) is 1.76. The lowest BCUT2D eigenvalue weighted by atomic mass is 10.2. The highest BCUT2D eigenvalue weighted by Crippen LogP contribution is 2.20. The fraction of sp³-hybridized carbons (Fsp3) is 0.625. The van der Waals surface area contributed by atoms with Gasteiger partial charge in [-0.05, 0) is 56.4 Å². The molecule has 106 valence electrons. The van der Waals surface area contributed by atoms with Gasteiger partial charge in [0.2, 0.25) is 0 Å². The van der Waals surface area contributed by atoms with Crippen LogP contribution in [0.4, 0.5) is 0 Å². The van der Waals surface area contributed by atoms with E-state index in [1.807, 2.05) is 25.1 Å². The predicted octanol–water partition coefficient (Wildman–Crippen LogP) is 2.88. The van der Waals surface area contributed by atoms with Gasteiger partial charge in [0.25, 0.3) is 0 Å². The molecule has 2 nitrogen and oxygen atoms in total. The molecule has 0 saturated carbocycles. The van der Waals surface area contributed by atoms with Gasteiger partial charge in [-0.3, -0.25) is 0 Å². The van der Waals surface area contributed by atoms with Crippen molar-refractivity contribution in [2.75, 3.05) is 26.2 Å². The van der Waals surface area contributed by atoms with Crippen LogP contribution in [0.25, 0.3) is 0 Å². The summed E-state index contributed by atoms with van der Waals surface area (Å²) in [5.74, 6) is 0.938. The van der Waals surface area contributed by atoms with Crippen LogP contribution in [0.1, 0.15) is 37.7 Å². The third kappa shape index (κ3) is 5.04. The summed E-state index contributed by atoms with van der Waals surface area (Å²) in [7, 11) is 0.